The summed E-state index contributed by atoms with van der Waals surface area (Å²) in [5.41, 5.74) is 2.19. The summed E-state index contributed by atoms with van der Waals surface area (Å²) >= 11 is 6.30. The van der Waals surface area contributed by atoms with Gasteiger partial charge in [0.2, 0.25) is 0 Å². The van der Waals surface area contributed by atoms with E-state index in [0.29, 0.717) is 28.4 Å². The smallest absolute Gasteiger partial charge is 0.263 e. The molecule has 1 atom stereocenters. The van der Waals surface area contributed by atoms with Gasteiger partial charge in [-0.15, -0.1) is 0 Å². The van der Waals surface area contributed by atoms with Crippen molar-refractivity contribution < 1.29 is 14.3 Å². The maximum Gasteiger partial charge on any atom is 0.263 e. The van der Waals surface area contributed by atoms with E-state index in [-0.39, 0.29) is 5.91 Å². The highest BCUT2D eigenvalue weighted by molar-refractivity contribution is 8.26. The van der Waals surface area contributed by atoms with Crippen molar-refractivity contribution in [1.82, 2.24) is 5.32 Å². The summed E-state index contributed by atoms with van der Waals surface area (Å²) in [5.74, 6) is 2.02. The predicted octanol–water partition coefficient (Wildman–Crippen LogP) is 5.54. The normalized spacial score (nSPS) is 16.0. The molecule has 2 aromatic rings. The number of carbonyl (C=O) groups is 1. The fourth-order valence-corrected chi connectivity index (χ4v) is 3.89. The number of para-hydroxylation sites is 1. The van der Waals surface area contributed by atoms with Crippen molar-refractivity contribution in [2.75, 3.05) is 13.2 Å². The van der Waals surface area contributed by atoms with E-state index < -0.39 is 0 Å². The summed E-state index contributed by atoms with van der Waals surface area (Å²) in [6.07, 6.45) is 3.70. The van der Waals surface area contributed by atoms with E-state index in [0.717, 1.165) is 29.9 Å². The van der Waals surface area contributed by atoms with E-state index in [2.05, 4.69) is 31.3 Å². The fourth-order valence-electron chi connectivity index (χ4n) is 2.85. The Balaban J connectivity index is 1.48. The summed E-state index contributed by atoms with van der Waals surface area (Å²) < 4.78 is 12.2. The lowest BCUT2D eigenvalue weighted by Crippen LogP contribution is -2.17. The minimum Gasteiger partial charge on any atom is -0.493 e. The molecule has 1 aliphatic rings. The molecule has 152 valence electrons. The number of rotatable bonds is 9. The summed E-state index contributed by atoms with van der Waals surface area (Å²) in [4.78, 5) is 12.4. The third-order valence-electron chi connectivity index (χ3n) is 4.72. The maximum absolute atomic E-state index is 11.9. The highest BCUT2D eigenvalue weighted by atomic mass is 32.2. The summed E-state index contributed by atoms with van der Waals surface area (Å²) in [5, 5.41) is 2.62. The van der Waals surface area contributed by atoms with E-state index >= 15 is 0 Å². The highest BCUT2D eigenvalue weighted by Gasteiger charge is 2.22. The molecule has 29 heavy (non-hydrogen) atoms. The van der Waals surface area contributed by atoms with Crippen LogP contribution >= 0.6 is 24.0 Å². The van der Waals surface area contributed by atoms with Crippen LogP contribution in [0.25, 0.3) is 6.08 Å². The van der Waals surface area contributed by atoms with Crippen LogP contribution in [0, 0.1) is 0 Å². The molecule has 0 bridgehead atoms. The van der Waals surface area contributed by atoms with Gasteiger partial charge in [-0.3, -0.25) is 4.79 Å². The molecule has 0 saturated carbocycles. The second-order valence-corrected chi connectivity index (χ2v) is 8.54. The van der Waals surface area contributed by atoms with Gasteiger partial charge < -0.3 is 14.8 Å². The Hall–Kier alpha value is -2.31. The lowest BCUT2D eigenvalue weighted by atomic mass is 9.99. The van der Waals surface area contributed by atoms with Gasteiger partial charge in [0.15, 0.2) is 0 Å². The molecule has 1 N–H and O–H groups in total. The molecule has 6 heteroatoms. The van der Waals surface area contributed by atoms with Crippen LogP contribution in [0.4, 0.5) is 0 Å². The van der Waals surface area contributed by atoms with Gasteiger partial charge in [0.05, 0.1) is 18.1 Å². The monoisotopic (exact) mass is 427 g/mol. The molecular weight excluding hydrogens is 402 g/mol. The Kier molecular flexibility index (Phi) is 7.72. The van der Waals surface area contributed by atoms with Crippen LogP contribution in [0.5, 0.6) is 11.5 Å². The van der Waals surface area contributed by atoms with Gasteiger partial charge in [0, 0.05) is 12.0 Å². The third-order valence-corrected chi connectivity index (χ3v) is 5.89. The number of ether oxygens (including phenoxy) is 2. The number of carbonyl (C=O) groups excluding carboxylic acids is 1. The lowest BCUT2D eigenvalue weighted by Gasteiger charge is -2.12. The van der Waals surface area contributed by atoms with Gasteiger partial charge in [0.1, 0.15) is 15.8 Å². The number of hydrogen-bond donors (Lipinski definition) is 1. The third kappa shape index (κ3) is 6.08. The molecule has 0 spiro atoms. The second kappa shape index (κ2) is 10.5. The molecule has 1 aliphatic heterocycles. The van der Waals surface area contributed by atoms with E-state index in [1.807, 2.05) is 42.5 Å². The van der Waals surface area contributed by atoms with E-state index in [1.165, 1.54) is 17.3 Å². The van der Waals surface area contributed by atoms with Gasteiger partial charge in [-0.2, -0.15) is 0 Å². The summed E-state index contributed by atoms with van der Waals surface area (Å²) in [6.45, 7) is 5.54. The van der Waals surface area contributed by atoms with Crippen molar-refractivity contribution >= 4 is 40.3 Å². The Morgan fingerprint density at radius 2 is 1.83 bits per heavy atom. The molecule has 0 radical (unpaired) electrons. The SMILES string of the molecule is CCC(C)c1ccc(OCCCOc2ccccc2/C=C2/SC(=S)NC2=O)cc1. The van der Waals surface area contributed by atoms with Gasteiger partial charge >= 0.3 is 0 Å². The van der Waals surface area contributed by atoms with Crippen molar-refractivity contribution in [1.29, 1.82) is 0 Å². The van der Waals surface area contributed by atoms with Crippen LogP contribution in [0.2, 0.25) is 0 Å². The minimum absolute atomic E-state index is 0.164. The molecular formula is C23H25NO3S2. The molecule has 3 rings (SSSR count). The van der Waals surface area contributed by atoms with Gasteiger partial charge in [-0.25, -0.2) is 0 Å². The minimum atomic E-state index is -0.164. The van der Waals surface area contributed by atoms with Crippen LogP contribution in [-0.2, 0) is 4.79 Å². The molecule has 0 aromatic heterocycles. The van der Waals surface area contributed by atoms with E-state index in [9.17, 15) is 4.79 Å². The first-order chi connectivity index (χ1) is 14.1. The quantitative estimate of drug-likeness (QED) is 0.324. The Labute approximate surface area is 181 Å². The topological polar surface area (TPSA) is 47.6 Å². The molecule has 4 nitrogen and oxygen atoms in total. The molecule has 1 amide bonds. The largest absolute Gasteiger partial charge is 0.493 e. The van der Waals surface area contributed by atoms with Crippen molar-refractivity contribution in [3.8, 4) is 11.5 Å². The number of thiocarbonyl (C=S) groups is 1. The number of benzene rings is 2. The second-order valence-electron chi connectivity index (χ2n) is 6.82. The van der Waals surface area contributed by atoms with Gasteiger partial charge in [-0.05, 0) is 42.2 Å². The average Bonchev–Trinajstić information content (AvgIpc) is 3.05. The number of nitrogens with one attached hydrogen (secondary N) is 1. The average molecular weight is 428 g/mol. The zero-order chi connectivity index (χ0) is 20.6. The van der Waals surface area contributed by atoms with Crippen molar-refractivity contribution in [2.45, 2.75) is 32.6 Å². The summed E-state index contributed by atoms with van der Waals surface area (Å²) in [7, 11) is 0. The van der Waals surface area contributed by atoms with Crippen LogP contribution in [0.3, 0.4) is 0 Å². The Morgan fingerprint density at radius 1 is 1.10 bits per heavy atom. The number of thioether (sulfide) groups is 1. The zero-order valence-electron chi connectivity index (χ0n) is 16.6. The van der Waals surface area contributed by atoms with E-state index in [1.54, 1.807) is 0 Å². The molecule has 1 unspecified atom stereocenters. The Morgan fingerprint density at radius 3 is 2.52 bits per heavy atom. The number of hydrogen-bond acceptors (Lipinski definition) is 5. The highest BCUT2D eigenvalue weighted by Crippen LogP contribution is 2.29. The first kappa shape index (κ1) is 21.4. The van der Waals surface area contributed by atoms with Gasteiger partial charge in [0.25, 0.3) is 5.91 Å². The zero-order valence-corrected chi connectivity index (χ0v) is 18.3. The first-order valence-corrected chi connectivity index (χ1v) is 11.0. The standard InChI is InChI=1S/C23H25NO3S2/c1-3-16(2)17-9-11-19(12-10-17)26-13-6-14-27-20-8-5-4-7-18(20)15-21-22(25)24-23(28)29-21/h4-5,7-12,15-16H,3,6,13-14H2,1-2H3,(H,24,25,28)/b21-15+. The van der Waals surface area contributed by atoms with Crippen molar-refractivity contribution in [3.63, 3.8) is 0 Å². The van der Waals surface area contributed by atoms with E-state index in [4.69, 9.17) is 21.7 Å². The van der Waals surface area contributed by atoms with Crippen molar-refractivity contribution in [2.24, 2.45) is 0 Å². The molecule has 1 fully saturated rings. The molecule has 0 aliphatic carbocycles. The van der Waals surface area contributed by atoms with Gasteiger partial charge in [-0.1, -0.05) is 68.2 Å². The Bertz CT molecular complexity index is 893. The van der Waals surface area contributed by atoms with Crippen molar-refractivity contribution in [3.05, 3.63) is 64.6 Å². The predicted molar refractivity (Wildman–Crippen MR) is 124 cm³/mol. The molecule has 1 heterocycles. The van der Waals surface area contributed by atoms with Crippen LogP contribution in [-0.4, -0.2) is 23.4 Å². The maximum atomic E-state index is 11.9. The lowest BCUT2D eigenvalue weighted by molar-refractivity contribution is -0.115. The molecule has 1 saturated heterocycles. The summed E-state index contributed by atoms with van der Waals surface area (Å²) in [6, 6.07) is 16.0. The molecule has 2 aromatic carbocycles. The first-order valence-electron chi connectivity index (χ1n) is 9.76. The fraction of sp³-hybridized carbons (Fsp3) is 0.304. The van der Waals surface area contributed by atoms with Crippen LogP contribution in [0.1, 0.15) is 43.7 Å². The number of amides is 1. The van der Waals surface area contributed by atoms with Crippen LogP contribution < -0.4 is 14.8 Å². The van der Waals surface area contributed by atoms with Crippen LogP contribution in [0.15, 0.2) is 53.4 Å².